The van der Waals surface area contributed by atoms with Crippen molar-refractivity contribution in [1.82, 2.24) is 19.9 Å². The minimum absolute atomic E-state index is 0.280. The standard InChI is InChI=1S/C22H21FN4O/c23-17-12-27(11-16-10-9-15-5-1-2-6-18(15)24-16)13-21(17)28-14-22-25-19-7-3-4-8-20(19)26-22/h1-10,17,21H,11-14H2,(H,25,26). The summed E-state index contributed by atoms with van der Waals surface area (Å²) >= 11 is 0. The number of alkyl halides is 1. The molecule has 1 aliphatic heterocycles. The van der Waals surface area contributed by atoms with Crippen LogP contribution in [0, 0.1) is 0 Å². The van der Waals surface area contributed by atoms with Crippen molar-refractivity contribution in [2.45, 2.75) is 25.4 Å². The van der Waals surface area contributed by atoms with Crippen LogP contribution in [0.4, 0.5) is 4.39 Å². The second-order valence-corrected chi connectivity index (χ2v) is 7.26. The predicted molar refractivity (Wildman–Crippen MR) is 107 cm³/mol. The minimum atomic E-state index is -1.01. The molecule has 1 saturated heterocycles. The second kappa shape index (κ2) is 7.30. The van der Waals surface area contributed by atoms with E-state index in [-0.39, 0.29) is 6.61 Å². The number of ether oxygens (including phenoxy) is 1. The molecule has 2 atom stereocenters. The van der Waals surface area contributed by atoms with E-state index in [0.29, 0.717) is 19.6 Å². The Hall–Kier alpha value is -2.83. The quantitative estimate of drug-likeness (QED) is 0.575. The molecule has 0 spiro atoms. The van der Waals surface area contributed by atoms with E-state index in [1.807, 2.05) is 54.6 Å². The minimum Gasteiger partial charge on any atom is -0.366 e. The zero-order chi connectivity index (χ0) is 18.9. The Bertz CT molecular complexity index is 1080. The fraction of sp³-hybridized carbons (Fsp3) is 0.273. The van der Waals surface area contributed by atoms with Gasteiger partial charge in [-0.3, -0.25) is 9.88 Å². The van der Waals surface area contributed by atoms with Gasteiger partial charge in [0.1, 0.15) is 24.7 Å². The molecule has 1 aliphatic rings. The lowest BCUT2D eigenvalue weighted by molar-refractivity contribution is 0.00861. The highest BCUT2D eigenvalue weighted by atomic mass is 19.1. The Morgan fingerprint density at radius 2 is 1.79 bits per heavy atom. The van der Waals surface area contributed by atoms with Crippen LogP contribution in [0.25, 0.3) is 21.9 Å². The van der Waals surface area contributed by atoms with Gasteiger partial charge in [0.05, 0.1) is 22.2 Å². The summed E-state index contributed by atoms with van der Waals surface area (Å²) in [6, 6.07) is 19.9. The predicted octanol–water partition coefficient (Wildman–Crippen LogP) is 3.85. The third-order valence-electron chi connectivity index (χ3n) is 5.19. The number of benzene rings is 2. The van der Waals surface area contributed by atoms with Gasteiger partial charge in [-0.15, -0.1) is 0 Å². The number of halogens is 1. The maximum Gasteiger partial charge on any atom is 0.140 e. The number of pyridine rings is 1. The van der Waals surface area contributed by atoms with Crippen molar-refractivity contribution in [2.75, 3.05) is 13.1 Å². The number of para-hydroxylation sites is 3. The lowest BCUT2D eigenvalue weighted by atomic mass is 10.2. The largest absolute Gasteiger partial charge is 0.366 e. The smallest absolute Gasteiger partial charge is 0.140 e. The Morgan fingerprint density at radius 3 is 2.68 bits per heavy atom. The van der Waals surface area contributed by atoms with E-state index >= 15 is 0 Å². The molecule has 5 rings (SSSR count). The zero-order valence-corrected chi connectivity index (χ0v) is 15.4. The molecule has 3 heterocycles. The molecule has 0 saturated carbocycles. The van der Waals surface area contributed by atoms with Crippen LogP contribution in [0.2, 0.25) is 0 Å². The molecule has 142 valence electrons. The van der Waals surface area contributed by atoms with Gasteiger partial charge in [-0.1, -0.05) is 36.4 Å². The van der Waals surface area contributed by atoms with Crippen molar-refractivity contribution in [1.29, 1.82) is 0 Å². The number of H-pyrrole nitrogens is 1. The Kier molecular flexibility index (Phi) is 4.50. The summed E-state index contributed by atoms with van der Waals surface area (Å²) < 4.78 is 20.3. The number of aromatic nitrogens is 3. The summed E-state index contributed by atoms with van der Waals surface area (Å²) in [5.74, 6) is 0.725. The molecule has 0 radical (unpaired) electrons. The summed E-state index contributed by atoms with van der Waals surface area (Å²) in [4.78, 5) is 14.5. The number of likely N-dealkylation sites (tertiary alicyclic amines) is 1. The van der Waals surface area contributed by atoms with Gasteiger partial charge < -0.3 is 9.72 Å². The molecular weight excluding hydrogens is 355 g/mol. The highest BCUT2D eigenvalue weighted by Gasteiger charge is 2.34. The Balaban J connectivity index is 1.21. The van der Waals surface area contributed by atoms with Crippen LogP contribution in [-0.2, 0) is 17.9 Å². The number of nitrogens with one attached hydrogen (secondary N) is 1. The van der Waals surface area contributed by atoms with Gasteiger partial charge in [0.2, 0.25) is 0 Å². The van der Waals surface area contributed by atoms with Gasteiger partial charge in [-0.05, 0) is 24.3 Å². The van der Waals surface area contributed by atoms with Gasteiger partial charge in [-0.2, -0.15) is 0 Å². The molecule has 2 unspecified atom stereocenters. The van der Waals surface area contributed by atoms with E-state index in [1.165, 1.54) is 0 Å². The number of hydrogen-bond donors (Lipinski definition) is 1. The first-order valence-corrected chi connectivity index (χ1v) is 9.51. The normalized spacial score (nSPS) is 20.3. The van der Waals surface area contributed by atoms with Crippen molar-refractivity contribution >= 4 is 21.9 Å². The molecular formula is C22H21FN4O. The molecule has 1 fully saturated rings. The summed E-state index contributed by atoms with van der Waals surface area (Å²) in [6.07, 6.45) is -1.46. The van der Waals surface area contributed by atoms with Crippen molar-refractivity contribution in [2.24, 2.45) is 0 Å². The van der Waals surface area contributed by atoms with E-state index in [9.17, 15) is 4.39 Å². The third-order valence-corrected chi connectivity index (χ3v) is 5.19. The molecule has 4 aromatic rings. The number of nitrogens with zero attached hydrogens (tertiary/aromatic N) is 3. The third kappa shape index (κ3) is 3.48. The first-order chi connectivity index (χ1) is 13.7. The average Bonchev–Trinajstić information content (AvgIpc) is 3.28. The molecule has 0 amide bonds. The first-order valence-electron chi connectivity index (χ1n) is 9.51. The second-order valence-electron chi connectivity index (χ2n) is 7.26. The number of aromatic amines is 1. The van der Waals surface area contributed by atoms with E-state index in [0.717, 1.165) is 33.5 Å². The average molecular weight is 376 g/mol. The van der Waals surface area contributed by atoms with Crippen LogP contribution in [0.15, 0.2) is 60.7 Å². The van der Waals surface area contributed by atoms with Crippen LogP contribution in [-0.4, -0.2) is 45.2 Å². The molecule has 0 aliphatic carbocycles. The van der Waals surface area contributed by atoms with Crippen molar-refractivity contribution in [3.05, 3.63) is 72.2 Å². The van der Waals surface area contributed by atoms with Crippen molar-refractivity contribution in [3.63, 3.8) is 0 Å². The molecule has 28 heavy (non-hydrogen) atoms. The van der Waals surface area contributed by atoms with E-state index < -0.39 is 12.3 Å². The number of rotatable bonds is 5. The highest BCUT2D eigenvalue weighted by molar-refractivity contribution is 5.78. The van der Waals surface area contributed by atoms with Gasteiger partial charge >= 0.3 is 0 Å². The summed E-state index contributed by atoms with van der Waals surface area (Å²) in [7, 11) is 0. The van der Waals surface area contributed by atoms with E-state index in [1.54, 1.807) is 0 Å². The summed E-state index contributed by atoms with van der Waals surface area (Å²) in [6.45, 7) is 1.81. The van der Waals surface area contributed by atoms with Crippen LogP contribution >= 0.6 is 0 Å². The van der Waals surface area contributed by atoms with Gasteiger partial charge in [0, 0.05) is 25.0 Å². The van der Waals surface area contributed by atoms with Gasteiger partial charge in [0.15, 0.2) is 0 Å². The highest BCUT2D eigenvalue weighted by Crippen LogP contribution is 2.21. The monoisotopic (exact) mass is 376 g/mol. The van der Waals surface area contributed by atoms with Crippen LogP contribution in [0.5, 0.6) is 0 Å². The molecule has 2 aromatic carbocycles. The molecule has 5 nitrogen and oxygen atoms in total. The fourth-order valence-electron chi connectivity index (χ4n) is 3.78. The fourth-order valence-corrected chi connectivity index (χ4v) is 3.78. The maximum absolute atomic E-state index is 14.5. The van der Waals surface area contributed by atoms with E-state index in [4.69, 9.17) is 4.74 Å². The lowest BCUT2D eigenvalue weighted by Crippen LogP contribution is -2.24. The van der Waals surface area contributed by atoms with Gasteiger partial charge in [-0.25, -0.2) is 9.37 Å². The van der Waals surface area contributed by atoms with Gasteiger partial charge in [0.25, 0.3) is 0 Å². The van der Waals surface area contributed by atoms with Crippen LogP contribution in [0.3, 0.4) is 0 Å². The van der Waals surface area contributed by atoms with E-state index in [2.05, 4.69) is 25.9 Å². The summed E-state index contributed by atoms with van der Waals surface area (Å²) in [5.41, 5.74) is 3.78. The Morgan fingerprint density at radius 1 is 0.964 bits per heavy atom. The molecule has 1 N–H and O–H groups in total. The molecule has 6 heteroatoms. The number of fused-ring (bicyclic) bond motifs is 2. The maximum atomic E-state index is 14.5. The summed E-state index contributed by atoms with van der Waals surface area (Å²) in [5, 5.41) is 1.11. The number of imidazole rings is 1. The Labute approximate surface area is 162 Å². The number of hydrogen-bond acceptors (Lipinski definition) is 4. The van der Waals surface area contributed by atoms with Crippen molar-refractivity contribution in [3.8, 4) is 0 Å². The molecule has 2 aromatic heterocycles. The molecule has 0 bridgehead atoms. The zero-order valence-electron chi connectivity index (χ0n) is 15.4. The van der Waals surface area contributed by atoms with Crippen LogP contribution < -0.4 is 0 Å². The topological polar surface area (TPSA) is 54.0 Å². The van der Waals surface area contributed by atoms with Crippen LogP contribution in [0.1, 0.15) is 11.5 Å². The lowest BCUT2D eigenvalue weighted by Gasteiger charge is -2.15. The SMILES string of the molecule is FC1CN(Cc2ccc3ccccc3n2)CC1OCc1nc2ccccc2[nH]1. The van der Waals surface area contributed by atoms with Crippen molar-refractivity contribution < 1.29 is 9.13 Å². The first kappa shape index (κ1) is 17.3.